The minimum Gasteiger partial charge on any atom is -0.494 e. The van der Waals surface area contributed by atoms with Gasteiger partial charge in [0.15, 0.2) is 17.4 Å². The minimum absolute atomic E-state index is 0.175. The second-order valence-corrected chi connectivity index (χ2v) is 9.33. The third-order valence-electron chi connectivity index (χ3n) is 6.18. The van der Waals surface area contributed by atoms with E-state index in [1.807, 2.05) is 6.92 Å². The molecule has 0 atom stereocenters. The van der Waals surface area contributed by atoms with Crippen molar-refractivity contribution in [1.82, 2.24) is 0 Å². The second-order valence-electron chi connectivity index (χ2n) is 9.33. The maximum absolute atomic E-state index is 15.0. The number of hydrogen-bond acceptors (Lipinski definition) is 3. The number of alkyl halides is 4. The van der Waals surface area contributed by atoms with E-state index in [-0.39, 0.29) is 28.8 Å². The maximum Gasteiger partial charge on any atom is 0.398 e. The molecule has 0 aliphatic rings. The van der Waals surface area contributed by atoms with Gasteiger partial charge in [0, 0.05) is 12.1 Å². The van der Waals surface area contributed by atoms with Crippen molar-refractivity contribution < 1.29 is 53.7 Å². The molecule has 0 unspecified atom stereocenters. The van der Waals surface area contributed by atoms with Gasteiger partial charge in [0.25, 0.3) is 0 Å². The molecule has 4 aromatic rings. The Kier molecular flexibility index (Phi) is 9.77. The Morgan fingerprint density at radius 3 is 1.81 bits per heavy atom. The first kappa shape index (κ1) is 31.6. The maximum atomic E-state index is 15.0. The highest BCUT2D eigenvalue weighted by molar-refractivity contribution is 5.72. The molecule has 228 valence electrons. The van der Waals surface area contributed by atoms with Crippen LogP contribution in [0.5, 0.6) is 17.2 Å². The monoisotopic (exact) mass is 614 g/mol. The molecule has 0 radical (unpaired) electrons. The molecule has 3 nitrogen and oxygen atoms in total. The van der Waals surface area contributed by atoms with Crippen LogP contribution in [0.4, 0.5) is 39.5 Å². The Balaban J connectivity index is 1.46. The van der Waals surface area contributed by atoms with Crippen molar-refractivity contribution in [3.05, 3.63) is 101 Å². The molecule has 0 amide bonds. The summed E-state index contributed by atoms with van der Waals surface area (Å²) >= 11 is 0. The van der Waals surface area contributed by atoms with Crippen LogP contribution in [0.15, 0.2) is 66.7 Å². The number of hydrogen-bond donors (Lipinski definition) is 0. The summed E-state index contributed by atoms with van der Waals surface area (Å²) in [5.74, 6) is -8.28. The Morgan fingerprint density at radius 1 is 0.674 bits per heavy atom. The lowest BCUT2D eigenvalue weighted by Crippen LogP contribution is -2.25. The number of aryl methyl sites for hydroxylation is 1. The third kappa shape index (κ3) is 7.94. The van der Waals surface area contributed by atoms with Crippen molar-refractivity contribution >= 4 is 0 Å². The van der Waals surface area contributed by atoms with Crippen molar-refractivity contribution in [3.8, 4) is 39.5 Å². The summed E-state index contributed by atoms with van der Waals surface area (Å²) in [7, 11) is 0. The van der Waals surface area contributed by atoms with Gasteiger partial charge in [0.1, 0.15) is 29.0 Å². The van der Waals surface area contributed by atoms with Gasteiger partial charge in [-0.1, -0.05) is 31.2 Å². The first-order chi connectivity index (χ1) is 20.4. The molecule has 0 saturated heterocycles. The van der Waals surface area contributed by atoms with Crippen LogP contribution in [0.2, 0.25) is 0 Å². The molecular formula is C31H23F9O3. The van der Waals surface area contributed by atoms with E-state index >= 15 is 8.78 Å². The van der Waals surface area contributed by atoms with Crippen LogP contribution in [0.25, 0.3) is 22.3 Å². The van der Waals surface area contributed by atoms with Gasteiger partial charge in [-0.3, -0.25) is 0 Å². The normalized spacial score (nSPS) is 11.6. The Morgan fingerprint density at radius 2 is 1.26 bits per heavy atom. The van der Waals surface area contributed by atoms with E-state index in [4.69, 9.17) is 4.74 Å². The van der Waals surface area contributed by atoms with Gasteiger partial charge < -0.3 is 14.2 Å². The van der Waals surface area contributed by atoms with Crippen molar-refractivity contribution in [2.75, 3.05) is 6.61 Å². The largest absolute Gasteiger partial charge is 0.494 e. The van der Waals surface area contributed by atoms with E-state index in [2.05, 4.69) is 9.47 Å². The van der Waals surface area contributed by atoms with Crippen molar-refractivity contribution in [3.63, 3.8) is 0 Å². The van der Waals surface area contributed by atoms with Gasteiger partial charge in [-0.2, -0.15) is 17.6 Å². The number of rotatable bonds is 12. The van der Waals surface area contributed by atoms with E-state index in [1.165, 1.54) is 0 Å². The van der Waals surface area contributed by atoms with E-state index < -0.39 is 71.7 Å². The van der Waals surface area contributed by atoms with Crippen LogP contribution in [0.3, 0.4) is 0 Å². The quantitative estimate of drug-likeness (QED) is 0.149. The van der Waals surface area contributed by atoms with Crippen LogP contribution in [0.1, 0.15) is 25.3 Å². The van der Waals surface area contributed by atoms with Crippen molar-refractivity contribution in [1.29, 1.82) is 0 Å². The van der Waals surface area contributed by atoms with Crippen LogP contribution in [-0.2, 0) is 6.42 Å². The summed E-state index contributed by atoms with van der Waals surface area (Å²) < 4.78 is 139. The fourth-order valence-corrected chi connectivity index (χ4v) is 4.19. The SMILES string of the molecule is CCCOc1ccc(-c2cc(F)c(-c3ccc(CCC(F)(F)Oc4cc(F)c(OC(F)F)c(F)c4)c(F)c3)c(F)c2)cc1. The molecular weight excluding hydrogens is 591 g/mol. The molecule has 12 heteroatoms. The summed E-state index contributed by atoms with van der Waals surface area (Å²) in [4.78, 5) is 0. The first-order valence-corrected chi connectivity index (χ1v) is 12.9. The molecule has 0 saturated carbocycles. The average molecular weight is 615 g/mol. The van der Waals surface area contributed by atoms with E-state index in [0.29, 0.717) is 17.9 Å². The third-order valence-corrected chi connectivity index (χ3v) is 6.18. The summed E-state index contributed by atoms with van der Waals surface area (Å²) in [6, 6.07) is 12.2. The van der Waals surface area contributed by atoms with E-state index in [1.54, 1.807) is 24.3 Å². The summed E-state index contributed by atoms with van der Waals surface area (Å²) in [6.45, 7) is -1.09. The topological polar surface area (TPSA) is 27.7 Å². The Hall–Kier alpha value is -4.35. The predicted octanol–water partition coefficient (Wildman–Crippen LogP) is 9.71. The van der Waals surface area contributed by atoms with Gasteiger partial charge in [-0.05, 0) is 65.4 Å². The molecule has 0 spiro atoms. The van der Waals surface area contributed by atoms with Gasteiger partial charge in [-0.25, -0.2) is 22.0 Å². The smallest absolute Gasteiger partial charge is 0.398 e. The molecule has 0 aromatic heterocycles. The fourth-order valence-electron chi connectivity index (χ4n) is 4.19. The molecule has 4 rings (SSSR count). The Bertz CT molecular complexity index is 1530. The first-order valence-electron chi connectivity index (χ1n) is 12.9. The van der Waals surface area contributed by atoms with Crippen LogP contribution >= 0.6 is 0 Å². The molecule has 0 aliphatic carbocycles. The van der Waals surface area contributed by atoms with Crippen molar-refractivity contribution in [2.45, 2.75) is 38.9 Å². The number of benzene rings is 4. The second kappa shape index (κ2) is 13.3. The zero-order valence-electron chi connectivity index (χ0n) is 22.4. The molecule has 0 bridgehead atoms. The van der Waals surface area contributed by atoms with Crippen LogP contribution in [-0.4, -0.2) is 19.3 Å². The zero-order chi connectivity index (χ0) is 31.3. The number of ether oxygens (including phenoxy) is 3. The van der Waals surface area contributed by atoms with Crippen LogP contribution in [0, 0.1) is 29.1 Å². The predicted molar refractivity (Wildman–Crippen MR) is 140 cm³/mol. The highest BCUT2D eigenvalue weighted by Crippen LogP contribution is 2.35. The highest BCUT2D eigenvalue weighted by atomic mass is 19.3. The number of halogens is 9. The van der Waals surface area contributed by atoms with Gasteiger partial charge in [-0.15, -0.1) is 0 Å². The Labute approximate surface area is 240 Å². The van der Waals surface area contributed by atoms with Gasteiger partial charge in [0.2, 0.25) is 0 Å². The zero-order valence-corrected chi connectivity index (χ0v) is 22.4. The molecule has 0 heterocycles. The standard InChI is InChI=1S/C31H23F9O3/c1-2-11-41-21-7-5-17(6-8-21)20-13-24(33)28(25(34)14-20)19-4-3-18(23(32)12-19)9-10-31(39,40)43-22-15-26(35)29(27(36)16-22)42-30(37)38/h3-8,12-16,30H,2,9-11H2,1H3. The molecule has 0 fully saturated rings. The minimum atomic E-state index is -4.07. The fraction of sp³-hybridized carbons (Fsp3) is 0.226. The molecule has 43 heavy (non-hydrogen) atoms. The van der Waals surface area contributed by atoms with E-state index in [9.17, 15) is 30.7 Å². The summed E-state index contributed by atoms with van der Waals surface area (Å²) in [6.07, 6.45) is -5.06. The molecule has 4 aromatic carbocycles. The lowest BCUT2D eigenvalue weighted by molar-refractivity contribution is -0.180. The van der Waals surface area contributed by atoms with Crippen LogP contribution < -0.4 is 14.2 Å². The van der Waals surface area contributed by atoms with E-state index in [0.717, 1.165) is 36.8 Å². The van der Waals surface area contributed by atoms with Crippen molar-refractivity contribution in [2.24, 2.45) is 0 Å². The van der Waals surface area contributed by atoms with Gasteiger partial charge in [0.05, 0.1) is 18.6 Å². The summed E-state index contributed by atoms with van der Waals surface area (Å²) in [5.41, 5.74) is -0.204. The molecule has 0 aliphatic heterocycles. The summed E-state index contributed by atoms with van der Waals surface area (Å²) in [5, 5.41) is 0. The lowest BCUT2D eigenvalue weighted by atomic mass is 9.97. The lowest BCUT2D eigenvalue weighted by Gasteiger charge is -2.19. The highest BCUT2D eigenvalue weighted by Gasteiger charge is 2.33. The average Bonchev–Trinajstić information content (AvgIpc) is 2.93. The van der Waals surface area contributed by atoms with Gasteiger partial charge >= 0.3 is 12.7 Å². The molecule has 0 N–H and O–H groups in total.